The van der Waals surface area contributed by atoms with Gasteiger partial charge in [0.15, 0.2) is 0 Å². The maximum absolute atomic E-state index is 9.64. The van der Waals surface area contributed by atoms with E-state index in [0.717, 1.165) is 17.6 Å². The summed E-state index contributed by atoms with van der Waals surface area (Å²) in [5.74, 6) is 0.213. The highest BCUT2D eigenvalue weighted by Gasteiger charge is 2.17. The van der Waals surface area contributed by atoms with Crippen LogP contribution in [0.5, 0.6) is 5.75 Å². The van der Waals surface area contributed by atoms with Crippen molar-refractivity contribution < 1.29 is 5.11 Å². The Balaban J connectivity index is 2.59. The molecule has 1 N–H and O–H groups in total. The SMILES string of the molecule is CC(C)(C)Cn1nnc2ccc(O)c(Br)c21. The summed E-state index contributed by atoms with van der Waals surface area (Å²) in [6, 6.07) is 3.38. The number of aromatic hydroxyl groups is 1. The minimum Gasteiger partial charge on any atom is -0.507 e. The molecule has 0 saturated carbocycles. The molecule has 2 rings (SSSR count). The first-order valence-corrected chi connectivity index (χ1v) is 5.88. The Hall–Kier alpha value is -1.10. The van der Waals surface area contributed by atoms with Crippen LogP contribution in [0, 0.1) is 5.41 Å². The van der Waals surface area contributed by atoms with Crippen LogP contribution in [0.15, 0.2) is 16.6 Å². The molecule has 0 bridgehead atoms. The summed E-state index contributed by atoms with van der Waals surface area (Å²) in [5.41, 5.74) is 1.75. The van der Waals surface area contributed by atoms with Crippen molar-refractivity contribution in [2.75, 3.05) is 0 Å². The van der Waals surface area contributed by atoms with Crippen molar-refractivity contribution in [1.82, 2.24) is 15.0 Å². The highest BCUT2D eigenvalue weighted by molar-refractivity contribution is 9.10. The molecule has 0 amide bonds. The third kappa shape index (κ3) is 2.04. The Labute approximate surface area is 102 Å². The minimum atomic E-state index is 0.117. The van der Waals surface area contributed by atoms with E-state index in [-0.39, 0.29) is 11.2 Å². The van der Waals surface area contributed by atoms with Crippen LogP contribution in [-0.4, -0.2) is 20.1 Å². The van der Waals surface area contributed by atoms with Gasteiger partial charge in [-0.1, -0.05) is 26.0 Å². The lowest BCUT2D eigenvalue weighted by molar-refractivity contribution is 0.326. The van der Waals surface area contributed by atoms with Crippen LogP contribution in [0.1, 0.15) is 20.8 Å². The van der Waals surface area contributed by atoms with Crippen LogP contribution in [0.25, 0.3) is 11.0 Å². The molecule has 1 aromatic heterocycles. The topological polar surface area (TPSA) is 50.9 Å². The van der Waals surface area contributed by atoms with Gasteiger partial charge in [0.25, 0.3) is 0 Å². The number of halogens is 1. The molecular weight excluding hydrogens is 270 g/mol. The van der Waals surface area contributed by atoms with Crippen molar-refractivity contribution in [2.45, 2.75) is 27.3 Å². The quantitative estimate of drug-likeness (QED) is 0.876. The van der Waals surface area contributed by atoms with E-state index in [1.54, 1.807) is 12.1 Å². The molecule has 5 heteroatoms. The molecule has 0 aliphatic rings. The summed E-state index contributed by atoms with van der Waals surface area (Å²) in [5, 5.41) is 17.8. The summed E-state index contributed by atoms with van der Waals surface area (Å²) < 4.78 is 2.47. The second-order valence-electron chi connectivity index (χ2n) is 5.07. The van der Waals surface area contributed by atoms with Gasteiger partial charge in [-0.2, -0.15) is 0 Å². The summed E-state index contributed by atoms with van der Waals surface area (Å²) >= 11 is 3.37. The molecule has 0 aliphatic carbocycles. The molecule has 86 valence electrons. The zero-order valence-electron chi connectivity index (χ0n) is 9.53. The number of aromatic nitrogens is 3. The number of benzene rings is 1. The Morgan fingerprint density at radius 2 is 2.06 bits per heavy atom. The molecule has 4 nitrogen and oxygen atoms in total. The Bertz CT molecular complexity index is 528. The van der Waals surface area contributed by atoms with Crippen molar-refractivity contribution in [1.29, 1.82) is 0 Å². The van der Waals surface area contributed by atoms with Gasteiger partial charge in [-0.3, -0.25) is 0 Å². The average molecular weight is 284 g/mol. The second kappa shape index (κ2) is 3.73. The summed E-state index contributed by atoms with van der Waals surface area (Å²) in [6.07, 6.45) is 0. The molecule has 0 radical (unpaired) electrons. The maximum atomic E-state index is 9.64. The van der Waals surface area contributed by atoms with Crippen molar-refractivity contribution in [3.8, 4) is 5.75 Å². The Morgan fingerprint density at radius 1 is 1.38 bits per heavy atom. The largest absolute Gasteiger partial charge is 0.507 e. The molecular formula is C11H14BrN3O. The molecule has 0 atom stereocenters. The number of nitrogens with zero attached hydrogens (tertiary/aromatic N) is 3. The van der Waals surface area contributed by atoms with Gasteiger partial charge in [0.1, 0.15) is 16.8 Å². The first-order chi connectivity index (χ1) is 7.38. The lowest BCUT2D eigenvalue weighted by Gasteiger charge is -2.18. The Kier molecular flexibility index (Phi) is 2.66. The third-order valence-electron chi connectivity index (χ3n) is 2.22. The number of hydrogen-bond donors (Lipinski definition) is 1. The summed E-state index contributed by atoms with van der Waals surface area (Å²) in [6.45, 7) is 7.16. The van der Waals surface area contributed by atoms with E-state index >= 15 is 0 Å². The molecule has 0 unspecified atom stereocenters. The summed E-state index contributed by atoms with van der Waals surface area (Å²) in [4.78, 5) is 0. The van der Waals surface area contributed by atoms with E-state index in [4.69, 9.17) is 0 Å². The number of fused-ring (bicyclic) bond motifs is 1. The number of phenols is 1. The lowest BCUT2D eigenvalue weighted by atomic mass is 9.97. The van der Waals surface area contributed by atoms with Gasteiger partial charge < -0.3 is 5.11 Å². The molecule has 0 saturated heterocycles. The van der Waals surface area contributed by atoms with Crippen molar-refractivity contribution in [3.63, 3.8) is 0 Å². The van der Waals surface area contributed by atoms with Crippen LogP contribution in [0.4, 0.5) is 0 Å². The van der Waals surface area contributed by atoms with Gasteiger partial charge in [0, 0.05) is 6.54 Å². The minimum absolute atomic E-state index is 0.117. The van der Waals surface area contributed by atoms with Gasteiger partial charge in [-0.15, -0.1) is 5.10 Å². The van der Waals surface area contributed by atoms with Crippen molar-refractivity contribution >= 4 is 27.0 Å². The van der Waals surface area contributed by atoms with E-state index in [0.29, 0.717) is 4.47 Å². The molecule has 0 aliphatic heterocycles. The van der Waals surface area contributed by atoms with Crippen LogP contribution in [0.3, 0.4) is 0 Å². The highest BCUT2D eigenvalue weighted by Crippen LogP contribution is 2.32. The van der Waals surface area contributed by atoms with E-state index in [2.05, 4.69) is 47.0 Å². The van der Waals surface area contributed by atoms with Crippen molar-refractivity contribution in [2.24, 2.45) is 5.41 Å². The van der Waals surface area contributed by atoms with Gasteiger partial charge in [0.2, 0.25) is 0 Å². The first-order valence-electron chi connectivity index (χ1n) is 5.09. The molecule has 16 heavy (non-hydrogen) atoms. The zero-order chi connectivity index (χ0) is 11.9. The predicted molar refractivity (Wildman–Crippen MR) is 66.3 cm³/mol. The molecule has 1 aromatic carbocycles. The van der Waals surface area contributed by atoms with Crippen molar-refractivity contribution in [3.05, 3.63) is 16.6 Å². The van der Waals surface area contributed by atoms with Gasteiger partial charge in [-0.05, 0) is 33.5 Å². The lowest BCUT2D eigenvalue weighted by Crippen LogP contribution is -2.16. The molecule has 0 fully saturated rings. The van der Waals surface area contributed by atoms with Gasteiger partial charge in [-0.25, -0.2) is 4.68 Å². The standard InChI is InChI=1S/C11H14BrN3O/c1-11(2,3)6-15-10-7(13-14-15)4-5-8(16)9(10)12/h4-5,16H,6H2,1-3H3. The van der Waals surface area contributed by atoms with Gasteiger partial charge >= 0.3 is 0 Å². The van der Waals surface area contributed by atoms with E-state index in [1.807, 2.05) is 4.68 Å². The number of hydrogen-bond acceptors (Lipinski definition) is 3. The molecule has 2 aromatic rings. The monoisotopic (exact) mass is 283 g/mol. The van der Waals surface area contributed by atoms with Crippen LogP contribution in [0.2, 0.25) is 0 Å². The Morgan fingerprint density at radius 3 is 2.69 bits per heavy atom. The first kappa shape index (κ1) is 11.4. The fraction of sp³-hybridized carbons (Fsp3) is 0.455. The normalized spacial score (nSPS) is 12.2. The smallest absolute Gasteiger partial charge is 0.132 e. The second-order valence-corrected chi connectivity index (χ2v) is 5.87. The maximum Gasteiger partial charge on any atom is 0.132 e. The zero-order valence-corrected chi connectivity index (χ0v) is 11.1. The van der Waals surface area contributed by atoms with E-state index in [9.17, 15) is 5.11 Å². The van der Waals surface area contributed by atoms with E-state index < -0.39 is 0 Å². The number of rotatable bonds is 1. The average Bonchev–Trinajstić information content (AvgIpc) is 2.53. The molecule has 0 spiro atoms. The number of phenolic OH excluding ortho intramolecular Hbond substituents is 1. The molecule has 1 heterocycles. The predicted octanol–water partition coefficient (Wildman–Crippen LogP) is 2.95. The van der Waals surface area contributed by atoms with Crippen LogP contribution >= 0.6 is 15.9 Å². The van der Waals surface area contributed by atoms with E-state index in [1.165, 1.54) is 0 Å². The fourth-order valence-electron chi connectivity index (χ4n) is 1.58. The fourth-order valence-corrected chi connectivity index (χ4v) is 2.12. The van der Waals surface area contributed by atoms with Crippen LogP contribution < -0.4 is 0 Å². The highest BCUT2D eigenvalue weighted by atomic mass is 79.9. The van der Waals surface area contributed by atoms with Gasteiger partial charge in [0.05, 0.1) is 4.47 Å². The third-order valence-corrected chi connectivity index (χ3v) is 3.00. The van der Waals surface area contributed by atoms with Crippen LogP contribution in [-0.2, 0) is 6.54 Å². The summed E-state index contributed by atoms with van der Waals surface area (Å²) in [7, 11) is 0.